The number of nitrogens with zero attached hydrogens (tertiary/aromatic N) is 4. The Balaban J connectivity index is 1.76. The maximum Gasteiger partial charge on any atom is 0.321 e. The molecule has 0 spiro atoms. The number of hydrogen-bond acceptors (Lipinski definition) is 3. The number of nitriles is 1. The fraction of sp³-hybridized carbons (Fsp3) is 0.348. The number of aliphatic imine (C=N–C) groups is 1. The van der Waals surface area contributed by atoms with Crippen LogP contribution >= 0.6 is 11.6 Å². The van der Waals surface area contributed by atoms with Crippen molar-refractivity contribution in [3.05, 3.63) is 58.9 Å². The molecule has 1 aliphatic rings. The minimum Gasteiger partial charge on any atom is -0.335 e. The van der Waals surface area contributed by atoms with Crippen LogP contribution in [-0.4, -0.2) is 47.5 Å². The van der Waals surface area contributed by atoms with Gasteiger partial charge in [0.1, 0.15) is 5.82 Å². The number of aryl methyl sites for hydroxylation is 1. The van der Waals surface area contributed by atoms with Crippen LogP contribution in [0.15, 0.2) is 47.5 Å². The van der Waals surface area contributed by atoms with E-state index in [0.717, 1.165) is 5.56 Å². The van der Waals surface area contributed by atoms with Crippen LogP contribution in [0, 0.1) is 30.1 Å². The van der Waals surface area contributed by atoms with E-state index in [4.69, 9.17) is 11.6 Å². The van der Waals surface area contributed by atoms with E-state index in [2.05, 4.69) is 29.5 Å². The van der Waals surface area contributed by atoms with E-state index in [1.165, 1.54) is 12.1 Å². The van der Waals surface area contributed by atoms with Gasteiger partial charge >= 0.3 is 6.03 Å². The van der Waals surface area contributed by atoms with Crippen molar-refractivity contribution in [1.82, 2.24) is 9.80 Å². The molecule has 0 aliphatic carbocycles. The largest absolute Gasteiger partial charge is 0.335 e. The third-order valence-corrected chi connectivity index (χ3v) is 5.70. The Labute approximate surface area is 192 Å². The number of amides is 2. The standard InChI is InChI=1S/C23H26ClFN6O/c1-15(2)21-13-30(23(32)28-19-8-5-17(24)6-9-19)10-11-31(21)22(27-14-26)29-20-12-18(25)7-4-16(20)3/h4-9,12,15,21H,10-11,13H2,1-3H3,(H,27,29)(H,28,32). The highest BCUT2D eigenvalue weighted by Crippen LogP contribution is 2.22. The van der Waals surface area contributed by atoms with Crippen molar-refractivity contribution < 1.29 is 9.18 Å². The summed E-state index contributed by atoms with van der Waals surface area (Å²) in [6, 6.07) is 11.1. The quantitative estimate of drug-likeness (QED) is 0.390. The summed E-state index contributed by atoms with van der Waals surface area (Å²) < 4.78 is 13.8. The Morgan fingerprint density at radius 1 is 1.22 bits per heavy atom. The fourth-order valence-electron chi connectivity index (χ4n) is 3.62. The number of anilines is 2. The van der Waals surface area contributed by atoms with Crippen LogP contribution in [0.2, 0.25) is 5.02 Å². The highest BCUT2D eigenvalue weighted by molar-refractivity contribution is 6.30. The number of piperazine rings is 1. The summed E-state index contributed by atoms with van der Waals surface area (Å²) in [5.41, 5.74) is 2.04. The molecular formula is C23H26ClFN6O. The second-order valence-corrected chi connectivity index (χ2v) is 8.44. The molecule has 1 saturated heterocycles. The first kappa shape index (κ1) is 23.4. The van der Waals surface area contributed by atoms with Gasteiger partial charge in [0.25, 0.3) is 0 Å². The predicted octanol–water partition coefficient (Wildman–Crippen LogP) is 4.91. The number of carbonyl (C=O) groups excluding carboxylic acids is 1. The Hall–Kier alpha value is -3.31. The molecule has 1 aliphatic heterocycles. The third-order valence-electron chi connectivity index (χ3n) is 5.44. The molecule has 0 aromatic heterocycles. The molecule has 1 heterocycles. The second kappa shape index (κ2) is 10.3. The molecule has 2 aromatic carbocycles. The molecule has 1 fully saturated rings. The van der Waals surface area contributed by atoms with Gasteiger partial charge in [-0.05, 0) is 54.8 Å². The number of hydrogen-bond donors (Lipinski definition) is 2. The van der Waals surface area contributed by atoms with Crippen molar-refractivity contribution >= 4 is 35.0 Å². The van der Waals surface area contributed by atoms with Crippen LogP contribution in [0.25, 0.3) is 0 Å². The molecule has 32 heavy (non-hydrogen) atoms. The van der Waals surface area contributed by atoms with Gasteiger partial charge in [-0.2, -0.15) is 5.26 Å². The van der Waals surface area contributed by atoms with Crippen molar-refractivity contribution in [2.45, 2.75) is 26.8 Å². The van der Waals surface area contributed by atoms with Gasteiger partial charge in [0.2, 0.25) is 12.2 Å². The van der Waals surface area contributed by atoms with Gasteiger partial charge in [0.15, 0.2) is 0 Å². The molecule has 7 nitrogen and oxygen atoms in total. The van der Waals surface area contributed by atoms with Gasteiger partial charge in [0.05, 0.1) is 6.04 Å². The summed E-state index contributed by atoms with van der Waals surface area (Å²) in [6.45, 7) is 7.32. The highest BCUT2D eigenvalue weighted by Gasteiger charge is 2.33. The van der Waals surface area contributed by atoms with E-state index in [0.29, 0.717) is 42.0 Å². The normalized spacial score (nSPS) is 16.7. The number of benzene rings is 2. The summed E-state index contributed by atoms with van der Waals surface area (Å²) in [4.78, 5) is 20.5. The zero-order valence-corrected chi connectivity index (χ0v) is 19.0. The number of carbonyl (C=O) groups is 1. The smallest absolute Gasteiger partial charge is 0.321 e. The molecular weight excluding hydrogens is 431 g/mol. The van der Waals surface area contributed by atoms with Crippen LogP contribution in [0.4, 0.5) is 20.6 Å². The molecule has 0 radical (unpaired) electrons. The lowest BCUT2D eigenvalue weighted by Gasteiger charge is -2.44. The Morgan fingerprint density at radius 2 is 1.94 bits per heavy atom. The van der Waals surface area contributed by atoms with Gasteiger partial charge in [-0.25, -0.2) is 9.18 Å². The highest BCUT2D eigenvalue weighted by atomic mass is 35.5. The second-order valence-electron chi connectivity index (χ2n) is 8.01. The molecule has 2 aromatic rings. The SMILES string of the molecule is Cc1ccc(F)cc1N/C(=N/C#N)N1CCN(C(=O)Nc2ccc(Cl)cc2)CC1C(C)C. The van der Waals surface area contributed by atoms with E-state index in [-0.39, 0.29) is 23.8 Å². The summed E-state index contributed by atoms with van der Waals surface area (Å²) in [6.07, 6.45) is 1.84. The average molecular weight is 457 g/mol. The fourth-order valence-corrected chi connectivity index (χ4v) is 3.75. The monoisotopic (exact) mass is 456 g/mol. The van der Waals surface area contributed by atoms with Crippen LogP contribution in [0.3, 0.4) is 0 Å². The van der Waals surface area contributed by atoms with Crippen molar-refractivity contribution in [3.8, 4) is 6.19 Å². The Kier molecular flexibility index (Phi) is 7.54. The first-order valence-electron chi connectivity index (χ1n) is 10.4. The van der Waals surface area contributed by atoms with E-state index < -0.39 is 0 Å². The van der Waals surface area contributed by atoms with Crippen LogP contribution in [0.5, 0.6) is 0 Å². The topological polar surface area (TPSA) is 83.8 Å². The van der Waals surface area contributed by atoms with E-state index in [1.54, 1.807) is 35.2 Å². The van der Waals surface area contributed by atoms with Gasteiger partial charge in [0, 0.05) is 36.0 Å². The number of rotatable bonds is 3. The van der Waals surface area contributed by atoms with Crippen molar-refractivity contribution in [2.24, 2.45) is 10.9 Å². The molecule has 1 unspecified atom stereocenters. The van der Waals surface area contributed by atoms with Gasteiger partial charge < -0.3 is 20.4 Å². The molecule has 1 atom stereocenters. The van der Waals surface area contributed by atoms with E-state index >= 15 is 0 Å². The summed E-state index contributed by atoms with van der Waals surface area (Å²) in [7, 11) is 0. The summed E-state index contributed by atoms with van der Waals surface area (Å²) in [5, 5.41) is 15.9. The maximum absolute atomic E-state index is 13.8. The molecule has 0 saturated carbocycles. The molecule has 2 N–H and O–H groups in total. The van der Waals surface area contributed by atoms with Crippen LogP contribution in [-0.2, 0) is 0 Å². The summed E-state index contributed by atoms with van der Waals surface area (Å²) in [5.74, 6) is 0.136. The minimum atomic E-state index is -0.376. The van der Waals surface area contributed by atoms with E-state index in [9.17, 15) is 14.4 Å². The Bertz CT molecular complexity index is 1030. The lowest BCUT2D eigenvalue weighted by Crippen LogP contribution is -2.60. The van der Waals surface area contributed by atoms with Crippen molar-refractivity contribution in [1.29, 1.82) is 5.26 Å². The minimum absolute atomic E-state index is 0.0896. The zero-order valence-electron chi connectivity index (χ0n) is 18.3. The maximum atomic E-state index is 13.8. The molecule has 9 heteroatoms. The van der Waals surface area contributed by atoms with E-state index in [1.807, 2.05) is 18.0 Å². The first-order chi connectivity index (χ1) is 15.3. The van der Waals surface area contributed by atoms with Gasteiger partial charge in [-0.3, -0.25) is 0 Å². The number of halogens is 2. The lowest BCUT2D eigenvalue weighted by atomic mass is 10.00. The number of guanidine groups is 1. The molecule has 2 amide bonds. The van der Waals surface area contributed by atoms with Crippen LogP contribution in [0.1, 0.15) is 19.4 Å². The van der Waals surface area contributed by atoms with Crippen molar-refractivity contribution in [3.63, 3.8) is 0 Å². The number of urea groups is 1. The molecule has 0 bridgehead atoms. The van der Waals surface area contributed by atoms with Gasteiger partial charge in [-0.1, -0.05) is 31.5 Å². The third kappa shape index (κ3) is 5.68. The van der Waals surface area contributed by atoms with Gasteiger partial charge in [-0.15, -0.1) is 4.99 Å². The number of nitrogens with one attached hydrogen (secondary N) is 2. The first-order valence-corrected chi connectivity index (χ1v) is 10.7. The molecule has 168 valence electrons. The summed E-state index contributed by atoms with van der Waals surface area (Å²) >= 11 is 5.91. The molecule has 3 rings (SSSR count). The zero-order chi connectivity index (χ0) is 23.3. The Morgan fingerprint density at radius 3 is 2.59 bits per heavy atom. The average Bonchev–Trinajstić information content (AvgIpc) is 2.77. The predicted molar refractivity (Wildman–Crippen MR) is 125 cm³/mol. The lowest BCUT2D eigenvalue weighted by molar-refractivity contribution is 0.120. The van der Waals surface area contributed by atoms with Crippen LogP contribution < -0.4 is 10.6 Å². The van der Waals surface area contributed by atoms with Crippen molar-refractivity contribution in [2.75, 3.05) is 30.3 Å².